The largest absolute Gasteiger partial charge is 0.494 e. The van der Waals surface area contributed by atoms with Crippen LogP contribution in [0.5, 0.6) is 5.75 Å². The van der Waals surface area contributed by atoms with Crippen molar-refractivity contribution in [2.45, 2.75) is 12.7 Å². The fraction of sp³-hybridized carbons (Fsp3) is 0.304. The molecular weight excluding hydrogens is 511 g/mol. The van der Waals surface area contributed by atoms with Crippen LogP contribution in [0.4, 0.5) is 42.0 Å². The molecule has 0 amide bonds. The molecule has 0 radical (unpaired) electrons. The lowest BCUT2D eigenvalue weighted by molar-refractivity contribution is -0.137. The van der Waals surface area contributed by atoms with Crippen LogP contribution in [-0.2, 0) is 23.6 Å². The van der Waals surface area contributed by atoms with E-state index in [2.05, 4.69) is 35.5 Å². The fourth-order valence-electron chi connectivity index (χ4n) is 3.84. The van der Waals surface area contributed by atoms with Crippen LogP contribution in [0.25, 0.3) is 0 Å². The predicted molar refractivity (Wildman–Crippen MR) is 135 cm³/mol. The first-order chi connectivity index (χ1) is 17.7. The average molecular weight is 538 g/mol. The van der Waals surface area contributed by atoms with Crippen molar-refractivity contribution in [2.75, 3.05) is 48.8 Å². The highest BCUT2D eigenvalue weighted by molar-refractivity contribution is 7.70. The van der Waals surface area contributed by atoms with E-state index in [4.69, 9.17) is 4.74 Å². The molecule has 1 aliphatic heterocycles. The predicted octanol–water partition coefficient (Wildman–Crippen LogP) is 3.02. The quantitative estimate of drug-likeness (QED) is 0.262. The summed E-state index contributed by atoms with van der Waals surface area (Å²) >= 11 is 0. The number of nitrogens with one attached hydrogen (secondary N) is 4. The first-order valence-corrected chi connectivity index (χ1v) is 12.5. The van der Waals surface area contributed by atoms with Crippen molar-refractivity contribution in [2.24, 2.45) is 0 Å². The maximum absolute atomic E-state index is 13.7. The van der Waals surface area contributed by atoms with Crippen molar-refractivity contribution in [3.8, 4) is 5.75 Å². The molecule has 10 nitrogen and oxygen atoms in total. The second-order valence-electron chi connectivity index (χ2n) is 8.07. The van der Waals surface area contributed by atoms with Gasteiger partial charge in [-0.25, -0.2) is 18.1 Å². The highest BCUT2D eigenvalue weighted by atomic mass is 32.2. The van der Waals surface area contributed by atoms with Gasteiger partial charge in [-0.15, -0.1) is 0 Å². The molecule has 1 saturated heterocycles. The van der Waals surface area contributed by atoms with E-state index in [1.807, 2.05) is 12.1 Å². The summed E-state index contributed by atoms with van der Waals surface area (Å²) in [5.41, 5.74) is 1.07. The lowest BCUT2D eigenvalue weighted by atomic mass is 10.1. The molecule has 4 rings (SSSR count). The van der Waals surface area contributed by atoms with Crippen LogP contribution in [-0.4, -0.2) is 51.7 Å². The Balaban J connectivity index is 1.63. The Morgan fingerprint density at radius 1 is 1.08 bits per heavy atom. The summed E-state index contributed by atoms with van der Waals surface area (Å²) in [5, 5.41) is 8.91. The lowest BCUT2D eigenvalue weighted by Crippen LogP contribution is -2.43. The molecule has 0 spiro atoms. The van der Waals surface area contributed by atoms with Crippen molar-refractivity contribution < 1.29 is 26.3 Å². The van der Waals surface area contributed by atoms with E-state index in [0.717, 1.165) is 31.9 Å². The van der Waals surface area contributed by atoms with Gasteiger partial charge in [-0.2, -0.15) is 18.2 Å². The van der Waals surface area contributed by atoms with Gasteiger partial charge in [-0.05, 0) is 23.8 Å². The van der Waals surface area contributed by atoms with Gasteiger partial charge in [0.15, 0.2) is 0 Å². The minimum atomic E-state index is -4.73. The van der Waals surface area contributed by atoms with Crippen LogP contribution in [0.3, 0.4) is 0 Å². The number of hydrogen-bond donors (Lipinski definition) is 5. The number of hydrogen-bond acceptors (Lipinski definition) is 9. The summed E-state index contributed by atoms with van der Waals surface area (Å²) in [7, 11) is -1.37. The number of halogens is 3. The monoisotopic (exact) mass is 537 g/mol. The molecule has 3 aromatic rings. The third-order valence-electron chi connectivity index (χ3n) is 5.68. The summed E-state index contributed by atoms with van der Waals surface area (Å²) in [6.45, 7) is 3.32. The SMILES string of the molecule is COc1cc(N2CCNCC2)ccc1Nc1ncc(C(F)(F)F)c(Nc2ccccc2CN[SH](=O)=O)n1. The van der Waals surface area contributed by atoms with Gasteiger partial charge in [0.25, 0.3) is 0 Å². The van der Waals surface area contributed by atoms with Gasteiger partial charge in [0, 0.05) is 56.4 Å². The number of methoxy groups -OCH3 is 1. The van der Waals surface area contributed by atoms with Crippen LogP contribution in [0.15, 0.2) is 48.7 Å². The Labute approximate surface area is 213 Å². The summed E-state index contributed by atoms with van der Waals surface area (Å²) < 4.78 is 70.8. The highest BCUT2D eigenvalue weighted by Crippen LogP contribution is 2.37. The van der Waals surface area contributed by atoms with E-state index < -0.39 is 28.4 Å². The molecule has 4 N–H and O–H groups in total. The fourth-order valence-corrected chi connectivity index (χ4v) is 4.14. The second-order valence-corrected chi connectivity index (χ2v) is 8.90. The van der Waals surface area contributed by atoms with E-state index in [0.29, 0.717) is 23.2 Å². The molecule has 198 valence electrons. The van der Waals surface area contributed by atoms with Gasteiger partial charge in [-0.1, -0.05) is 18.2 Å². The Morgan fingerprint density at radius 3 is 2.54 bits per heavy atom. The molecule has 2 aromatic carbocycles. The summed E-state index contributed by atoms with van der Waals surface area (Å²) in [4.78, 5) is 10.2. The van der Waals surface area contributed by atoms with Crippen LogP contribution in [0.2, 0.25) is 0 Å². The van der Waals surface area contributed by atoms with Crippen LogP contribution in [0.1, 0.15) is 11.1 Å². The van der Waals surface area contributed by atoms with E-state index in [9.17, 15) is 21.6 Å². The number of ether oxygens (including phenoxy) is 1. The Morgan fingerprint density at radius 2 is 1.84 bits per heavy atom. The van der Waals surface area contributed by atoms with E-state index in [1.165, 1.54) is 13.2 Å². The molecular formula is C23H26F3N7O3S. The summed E-state index contributed by atoms with van der Waals surface area (Å²) in [5.74, 6) is -0.0838. The topological polar surface area (TPSA) is 121 Å². The maximum Gasteiger partial charge on any atom is 0.421 e. The molecule has 1 aliphatic rings. The number of alkyl halides is 3. The van der Waals surface area contributed by atoms with Gasteiger partial charge in [0.2, 0.25) is 16.8 Å². The molecule has 37 heavy (non-hydrogen) atoms. The van der Waals surface area contributed by atoms with Crippen molar-refractivity contribution in [1.29, 1.82) is 0 Å². The van der Waals surface area contributed by atoms with Crippen molar-refractivity contribution in [3.63, 3.8) is 0 Å². The normalized spacial score (nSPS) is 14.0. The Hall–Kier alpha value is -3.62. The molecule has 14 heteroatoms. The number of piperazine rings is 1. The number of aromatic nitrogens is 2. The minimum Gasteiger partial charge on any atom is -0.494 e. The maximum atomic E-state index is 13.7. The average Bonchev–Trinajstić information content (AvgIpc) is 2.88. The van der Waals surface area contributed by atoms with E-state index in [1.54, 1.807) is 24.3 Å². The number of benzene rings is 2. The first kappa shape index (κ1) is 26.4. The number of anilines is 5. The molecule has 0 atom stereocenters. The smallest absolute Gasteiger partial charge is 0.421 e. The van der Waals surface area contributed by atoms with Gasteiger partial charge in [-0.3, -0.25) is 0 Å². The zero-order chi connectivity index (χ0) is 26.4. The van der Waals surface area contributed by atoms with Gasteiger partial charge in [0.1, 0.15) is 17.1 Å². The lowest BCUT2D eigenvalue weighted by Gasteiger charge is -2.30. The van der Waals surface area contributed by atoms with Gasteiger partial charge in [0.05, 0.1) is 12.8 Å². The molecule has 1 aromatic heterocycles. The third kappa shape index (κ3) is 6.78. The number of para-hydroxylation sites is 1. The minimum absolute atomic E-state index is 0.0815. The number of nitrogens with zero attached hydrogens (tertiary/aromatic N) is 3. The molecule has 2 heterocycles. The zero-order valence-corrected chi connectivity index (χ0v) is 20.7. The Kier molecular flexibility index (Phi) is 8.31. The van der Waals surface area contributed by atoms with Gasteiger partial charge >= 0.3 is 6.18 Å². The van der Waals surface area contributed by atoms with Crippen molar-refractivity contribution >= 4 is 39.7 Å². The summed E-state index contributed by atoms with van der Waals surface area (Å²) in [6, 6.07) is 11.9. The molecule has 0 saturated carbocycles. The Bertz CT molecular complexity index is 1310. The highest BCUT2D eigenvalue weighted by Gasteiger charge is 2.35. The van der Waals surface area contributed by atoms with Gasteiger partial charge < -0.3 is 25.6 Å². The second kappa shape index (κ2) is 11.6. The third-order valence-corrected chi connectivity index (χ3v) is 6.09. The number of rotatable bonds is 9. The van der Waals surface area contributed by atoms with Crippen LogP contribution >= 0.6 is 0 Å². The summed E-state index contributed by atoms with van der Waals surface area (Å²) in [6.07, 6.45) is -4.04. The molecule has 0 bridgehead atoms. The van der Waals surface area contributed by atoms with E-state index in [-0.39, 0.29) is 18.2 Å². The first-order valence-electron chi connectivity index (χ1n) is 11.3. The molecule has 0 aliphatic carbocycles. The van der Waals surface area contributed by atoms with Crippen LogP contribution in [0, 0.1) is 0 Å². The van der Waals surface area contributed by atoms with Crippen molar-refractivity contribution in [1.82, 2.24) is 20.0 Å². The van der Waals surface area contributed by atoms with Crippen molar-refractivity contribution in [3.05, 3.63) is 59.8 Å². The molecule has 1 fully saturated rings. The van der Waals surface area contributed by atoms with E-state index >= 15 is 0 Å². The zero-order valence-electron chi connectivity index (χ0n) is 19.8. The molecule has 0 unspecified atom stereocenters. The number of thiol groups is 1. The van der Waals surface area contributed by atoms with Crippen LogP contribution < -0.4 is 30.3 Å². The standard InChI is InChI=1S/C23H26F3N7O3S/c1-36-20-12-16(33-10-8-27-9-11-33)6-7-19(20)31-22-28-14-17(23(24,25)26)21(32-22)30-18-5-3-2-4-15(18)13-29-37(34)35/h2-7,12,14,27,37H,8-11,13H2,1H3,(H,29,34,35)(H2,28,30,31,32).